The first-order valence-corrected chi connectivity index (χ1v) is 26.1. The molecule has 11 atom stereocenters. The molecule has 4 aliphatic rings. The van der Waals surface area contributed by atoms with Crippen LogP contribution in [-0.2, 0) is 38.1 Å². The second-order valence-corrected chi connectivity index (χ2v) is 21.7. The number of ketones is 1. The Morgan fingerprint density at radius 2 is 1.37 bits per heavy atom. The van der Waals surface area contributed by atoms with Crippen LogP contribution in [0.25, 0.3) is 0 Å². The van der Waals surface area contributed by atoms with E-state index in [0.29, 0.717) is 12.0 Å². The summed E-state index contributed by atoms with van der Waals surface area (Å²) in [5.41, 5.74) is -8.45. The third kappa shape index (κ3) is 13.0. The van der Waals surface area contributed by atoms with Crippen molar-refractivity contribution in [2.24, 2.45) is 16.7 Å². The van der Waals surface area contributed by atoms with Crippen LogP contribution in [0.2, 0.25) is 0 Å². The molecule has 0 radical (unpaired) electrons. The number of carbonyl (C=O) groups is 5. The maximum atomic E-state index is 15.1. The summed E-state index contributed by atoms with van der Waals surface area (Å²) in [4.78, 5) is 71.7. The van der Waals surface area contributed by atoms with Crippen molar-refractivity contribution in [3.05, 3.63) is 144 Å². The Hall–Kier alpha value is -5.97. The van der Waals surface area contributed by atoms with Gasteiger partial charge in [0.2, 0.25) is 6.10 Å². The van der Waals surface area contributed by atoms with Gasteiger partial charge in [-0.15, -0.1) is 0 Å². The van der Waals surface area contributed by atoms with Gasteiger partial charge in [0.1, 0.15) is 41.2 Å². The lowest BCUT2D eigenvalue weighted by Gasteiger charge is -2.66. The SMILES string of the molecule is CC/C=C\C/C=C\C/C=C\C/C=C\C/C=C\CCC(=O)OC(C(=O)OC1CC2(O)C(OC(=O)c3ccccc3)C3C4(O)COC4CC(O)C3(C)C(=O)C(O)C(=C1C)C2(C)C)C(NC(=O)OC(C)(C)C)c1ccccc1. The molecule has 15 heteroatoms. The number of carbonyl (C=O) groups excluding carboxylic acids is 5. The van der Waals surface area contributed by atoms with Crippen LogP contribution in [0.4, 0.5) is 4.79 Å². The highest BCUT2D eigenvalue weighted by Crippen LogP contribution is 2.63. The quantitative estimate of drug-likeness (QED) is 0.0475. The molecule has 2 bridgehead atoms. The van der Waals surface area contributed by atoms with Gasteiger partial charge in [-0.25, -0.2) is 14.4 Å². The number of allylic oxidation sites excluding steroid dienone is 10. The standard InChI is InChI=1S/C60H77NO14/c1-9-10-11-12-13-14-15-16-17-18-19-20-21-22-23-30-35-45(63)73-49(47(40-31-26-24-27-32-40)61-55(68)75-56(3,4)5)54(67)72-42-37-60(70)52(74-53(66)41-33-28-25-29-34-41)50-58(8,43(62)36-44-59(50,69)38-71-44)51(65)48(64)46(39(42)2)57(60,6)7/h10-11,13-14,16-17,19-20,22-29,31-34,42-44,47-50,52,62,64,69-70H,9,12,15,18,21,30,35-38H2,1-8H3,(H,61,68)/b11-10-,14-13-,17-16-,20-19-,23-22-. The molecule has 2 saturated carbocycles. The van der Waals surface area contributed by atoms with Crippen LogP contribution < -0.4 is 5.32 Å². The van der Waals surface area contributed by atoms with Gasteiger partial charge in [0.25, 0.3) is 0 Å². The Balaban J connectivity index is 1.31. The number of esters is 3. The summed E-state index contributed by atoms with van der Waals surface area (Å²) in [5, 5.41) is 53.0. The molecule has 1 aliphatic heterocycles. The topological polar surface area (TPSA) is 224 Å². The predicted molar refractivity (Wildman–Crippen MR) is 282 cm³/mol. The fourth-order valence-electron chi connectivity index (χ4n) is 11.0. The molecule has 1 amide bonds. The van der Waals surface area contributed by atoms with E-state index >= 15 is 9.59 Å². The van der Waals surface area contributed by atoms with E-state index in [9.17, 15) is 34.8 Å². The van der Waals surface area contributed by atoms with Crippen molar-refractivity contribution in [1.29, 1.82) is 0 Å². The van der Waals surface area contributed by atoms with Gasteiger partial charge in [0.15, 0.2) is 5.78 Å². The lowest BCUT2D eigenvalue weighted by atomic mass is 9.44. The van der Waals surface area contributed by atoms with Crippen LogP contribution in [0.15, 0.2) is 133 Å². The molecule has 15 nitrogen and oxygen atoms in total. The molecule has 0 aromatic heterocycles. The molecule has 1 saturated heterocycles. The van der Waals surface area contributed by atoms with Crippen molar-refractivity contribution >= 4 is 29.8 Å². The van der Waals surface area contributed by atoms with E-state index in [1.165, 1.54) is 26.0 Å². The first-order valence-electron chi connectivity index (χ1n) is 26.1. The van der Waals surface area contributed by atoms with Gasteiger partial charge in [-0.3, -0.25) is 9.59 Å². The monoisotopic (exact) mass is 1040 g/mol. The number of alkyl carbamates (subject to hydrolysis) is 1. The van der Waals surface area contributed by atoms with E-state index in [4.69, 9.17) is 23.7 Å². The van der Waals surface area contributed by atoms with Gasteiger partial charge >= 0.3 is 24.0 Å². The summed E-state index contributed by atoms with van der Waals surface area (Å²) in [6, 6.07) is 14.8. The smallest absolute Gasteiger partial charge is 0.408 e. The first kappa shape index (κ1) is 58.3. The highest BCUT2D eigenvalue weighted by molar-refractivity contribution is 5.94. The molecule has 3 aliphatic carbocycles. The second-order valence-electron chi connectivity index (χ2n) is 21.7. The van der Waals surface area contributed by atoms with Gasteiger partial charge in [-0.05, 0) is 102 Å². The van der Waals surface area contributed by atoms with E-state index in [0.717, 1.165) is 25.7 Å². The number of nitrogens with one attached hydrogen (secondary N) is 1. The minimum Gasteiger partial charge on any atom is -0.455 e. The van der Waals surface area contributed by atoms with Crippen LogP contribution in [-0.4, -0.2) is 110 Å². The molecule has 2 aromatic rings. The summed E-state index contributed by atoms with van der Waals surface area (Å²) in [5.74, 6) is -5.38. The molecular formula is C60H77NO14. The molecule has 6 rings (SSSR count). The molecule has 11 unspecified atom stereocenters. The largest absolute Gasteiger partial charge is 0.455 e. The summed E-state index contributed by atoms with van der Waals surface area (Å²) in [7, 11) is 0. The Kier molecular flexibility index (Phi) is 19.3. The van der Waals surface area contributed by atoms with Crippen molar-refractivity contribution < 1.29 is 68.1 Å². The minimum absolute atomic E-state index is 0.0669. The van der Waals surface area contributed by atoms with E-state index in [2.05, 4.69) is 54.8 Å². The number of Topliss-reactive ketones (excluding diaryl/α,β-unsaturated/α-hetero) is 1. The number of benzene rings is 2. The summed E-state index contributed by atoms with van der Waals surface area (Å²) in [6.07, 6.45) is 13.4. The first-order chi connectivity index (χ1) is 35.5. The third-order valence-corrected chi connectivity index (χ3v) is 15.2. The van der Waals surface area contributed by atoms with Crippen molar-refractivity contribution in [3.63, 3.8) is 0 Å². The lowest BCUT2D eigenvalue weighted by molar-refractivity contribution is -0.343. The van der Waals surface area contributed by atoms with E-state index < -0.39 is 112 Å². The summed E-state index contributed by atoms with van der Waals surface area (Å²) >= 11 is 0. The number of hydrogen-bond donors (Lipinski definition) is 5. The van der Waals surface area contributed by atoms with Crippen LogP contribution in [0, 0.1) is 16.7 Å². The van der Waals surface area contributed by atoms with Gasteiger partial charge in [-0.1, -0.05) is 130 Å². The Bertz CT molecular complexity index is 2520. The fourth-order valence-corrected chi connectivity index (χ4v) is 11.0. The summed E-state index contributed by atoms with van der Waals surface area (Å²) < 4.78 is 30.0. The fraction of sp³-hybridized carbons (Fsp3) is 0.517. The van der Waals surface area contributed by atoms with E-state index in [-0.39, 0.29) is 42.6 Å². The van der Waals surface area contributed by atoms with E-state index in [1.807, 2.05) is 18.2 Å². The number of aliphatic hydroxyl groups is 4. The average molecular weight is 1040 g/mol. The van der Waals surface area contributed by atoms with Crippen LogP contribution in [0.1, 0.15) is 135 Å². The molecule has 75 heavy (non-hydrogen) atoms. The van der Waals surface area contributed by atoms with Crippen molar-refractivity contribution in [1.82, 2.24) is 5.32 Å². The van der Waals surface area contributed by atoms with Gasteiger partial charge < -0.3 is 49.4 Å². The zero-order valence-corrected chi connectivity index (χ0v) is 44.6. The van der Waals surface area contributed by atoms with Crippen LogP contribution in [0.3, 0.4) is 0 Å². The maximum absolute atomic E-state index is 15.1. The summed E-state index contributed by atoms with van der Waals surface area (Å²) in [6.45, 7) is 12.8. The molecular weight excluding hydrogens is 959 g/mol. The third-order valence-electron chi connectivity index (χ3n) is 15.2. The molecule has 406 valence electrons. The number of ether oxygens (including phenoxy) is 5. The van der Waals surface area contributed by atoms with Gasteiger partial charge in [0.05, 0.1) is 29.8 Å². The zero-order chi connectivity index (χ0) is 54.8. The maximum Gasteiger partial charge on any atom is 0.408 e. The molecule has 2 aromatic carbocycles. The number of fused-ring (bicyclic) bond motifs is 5. The number of aliphatic hydroxyl groups excluding tert-OH is 2. The number of rotatable bonds is 20. The number of amides is 1. The predicted octanol–water partition coefficient (Wildman–Crippen LogP) is 8.77. The molecule has 3 fully saturated rings. The number of hydrogen-bond acceptors (Lipinski definition) is 14. The van der Waals surface area contributed by atoms with Gasteiger partial charge in [-0.2, -0.15) is 0 Å². The van der Waals surface area contributed by atoms with Gasteiger partial charge in [0, 0.05) is 30.6 Å². The molecule has 0 spiro atoms. The Morgan fingerprint density at radius 1 is 0.813 bits per heavy atom. The zero-order valence-electron chi connectivity index (χ0n) is 44.6. The highest BCUT2D eigenvalue weighted by atomic mass is 16.6. The minimum atomic E-state index is -2.38. The second kappa shape index (κ2) is 24.8. The van der Waals surface area contributed by atoms with Crippen LogP contribution >= 0.6 is 0 Å². The van der Waals surface area contributed by atoms with Crippen molar-refractivity contribution in [2.45, 2.75) is 173 Å². The Labute approximate surface area is 441 Å². The molecule has 5 N–H and O–H groups in total. The normalized spacial score (nSPS) is 29.3. The molecule has 1 heterocycles. The Morgan fingerprint density at radius 3 is 1.92 bits per heavy atom. The van der Waals surface area contributed by atoms with E-state index in [1.54, 1.807) is 83.1 Å². The lowest BCUT2D eigenvalue weighted by Crippen LogP contribution is -2.81. The van der Waals surface area contributed by atoms with Crippen molar-refractivity contribution in [3.8, 4) is 0 Å². The highest BCUT2D eigenvalue weighted by Gasteiger charge is 2.76. The average Bonchev–Trinajstić information content (AvgIpc) is 3.36. The van der Waals surface area contributed by atoms with Crippen molar-refractivity contribution in [2.75, 3.05) is 6.61 Å². The van der Waals surface area contributed by atoms with Crippen LogP contribution in [0.5, 0.6) is 0 Å².